The number of phenolic OH excluding ortho intramolecular Hbond substituents is 1. The zero-order valence-corrected chi connectivity index (χ0v) is 11.3. The molecule has 3 aromatic carbocycles. The Morgan fingerprint density at radius 2 is 1.00 bits per heavy atom. The molecule has 3 nitrogen and oxygen atoms in total. The fourth-order valence-corrected chi connectivity index (χ4v) is 1.98. The summed E-state index contributed by atoms with van der Waals surface area (Å²) in [7, 11) is 0. The molecule has 0 aliphatic heterocycles. The van der Waals surface area contributed by atoms with E-state index in [0.717, 1.165) is 22.5 Å². The first kappa shape index (κ1) is 13.1. The highest BCUT2D eigenvalue weighted by Gasteiger charge is 1.98. The van der Waals surface area contributed by atoms with Gasteiger partial charge in [0.2, 0.25) is 0 Å². The third-order valence-corrected chi connectivity index (χ3v) is 3.11. The van der Waals surface area contributed by atoms with E-state index in [0.29, 0.717) is 0 Å². The average Bonchev–Trinajstić information content (AvgIpc) is 2.55. The summed E-state index contributed by atoms with van der Waals surface area (Å²) in [6.07, 6.45) is 0. The van der Waals surface area contributed by atoms with Crippen molar-refractivity contribution in [2.45, 2.75) is 0 Å². The zero-order chi connectivity index (χ0) is 14.5. The number of nitrogens with zero attached hydrogens (tertiary/aromatic N) is 2. The molecule has 0 heterocycles. The minimum atomic E-state index is 0.270. The molecule has 3 heteroatoms. The van der Waals surface area contributed by atoms with Gasteiger partial charge in [-0.05, 0) is 47.5 Å². The van der Waals surface area contributed by atoms with Gasteiger partial charge in [0.15, 0.2) is 0 Å². The zero-order valence-electron chi connectivity index (χ0n) is 11.3. The van der Waals surface area contributed by atoms with E-state index in [1.807, 2.05) is 66.7 Å². The topological polar surface area (TPSA) is 45.0 Å². The van der Waals surface area contributed by atoms with E-state index < -0.39 is 0 Å². The van der Waals surface area contributed by atoms with Crippen LogP contribution in [-0.4, -0.2) is 5.11 Å². The summed E-state index contributed by atoms with van der Waals surface area (Å²) in [5.74, 6) is 0.270. The highest BCUT2D eigenvalue weighted by molar-refractivity contribution is 5.65. The summed E-state index contributed by atoms with van der Waals surface area (Å²) in [5.41, 5.74) is 3.77. The molecular formula is C18H14N2O. The molecule has 0 spiro atoms. The van der Waals surface area contributed by atoms with E-state index in [1.54, 1.807) is 12.1 Å². The Bertz CT molecular complexity index is 732. The minimum Gasteiger partial charge on any atom is -0.508 e. The van der Waals surface area contributed by atoms with E-state index in [4.69, 9.17) is 0 Å². The molecule has 21 heavy (non-hydrogen) atoms. The number of aromatic hydroxyl groups is 1. The molecule has 0 aromatic heterocycles. The van der Waals surface area contributed by atoms with Crippen LogP contribution in [0.3, 0.4) is 0 Å². The maximum Gasteiger partial charge on any atom is 0.115 e. The lowest BCUT2D eigenvalue weighted by Gasteiger charge is -2.02. The van der Waals surface area contributed by atoms with Gasteiger partial charge in [-0.25, -0.2) is 0 Å². The van der Waals surface area contributed by atoms with Crippen molar-refractivity contribution < 1.29 is 5.11 Å². The molecule has 3 aromatic rings. The average molecular weight is 274 g/mol. The summed E-state index contributed by atoms with van der Waals surface area (Å²) in [5, 5.41) is 17.7. The number of phenols is 1. The van der Waals surface area contributed by atoms with E-state index in [1.165, 1.54) is 0 Å². The van der Waals surface area contributed by atoms with E-state index in [-0.39, 0.29) is 5.75 Å². The highest BCUT2D eigenvalue weighted by atomic mass is 16.3. The van der Waals surface area contributed by atoms with E-state index >= 15 is 0 Å². The molecule has 0 radical (unpaired) electrons. The van der Waals surface area contributed by atoms with Crippen molar-refractivity contribution in [2.24, 2.45) is 10.2 Å². The van der Waals surface area contributed by atoms with Crippen LogP contribution in [-0.2, 0) is 0 Å². The monoisotopic (exact) mass is 274 g/mol. The van der Waals surface area contributed by atoms with Crippen molar-refractivity contribution in [1.29, 1.82) is 0 Å². The Hall–Kier alpha value is -2.94. The number of benzene rings is 3. The molecule has 0 unspecified atom stereocenters. The lowest BCUT2D eigenvalue weighted by Crippen LogP contribution is -1.76. The number of azo groups is 1. The maximum absolute atomic E-state index is 9.30. The molecule has 0 saturated carbocycles. The van der Waals surface area contributed by atoms with E-state index in [2.05, 4.69) is 10.2 Å². The van der Waals surface area contributed by atoms with Gasteiger partial charge in [0.1, 0.15) is 5.75 Å². The van der Waals surface area contributed by atoms with Crippen molar-refractivity contribution in [3.05, 3.63) is 78.9 Å². The number of rotatable bonds is 3. The lowest BCUT2D eigenvalue weighted by atomic mass is 10.1. The van der Waals surface area contributed by atoms with Gasteiger partial charge in [-0.3, -0.25) is 0 Å². The van der Waals surface area contributed by atoms with Crippen LogP contribution in [0.25, 0.3) is 11.1 Å². The van der Waals surface area contributed by atoms with Crippen LogP contribution >= 0.6 is 0 Å². The molecule has 0 atom stereocenters. The largest absolute Gasteiger partial charge is 0.508 e. The summed E-state index contributed by atoms with van der Waals surface area (Å²) < 4.78 is 0. The van der Waals surface area contributed by atoms with Crippen LogP contribution < -0.4 is 0 Å². The SMILES string of the molecule is Oc1ccc(-c2ccc(/N=N/c3ccccc3)cc2)cc1. The van der Waals surface area contributed by atoms with Crippen LogP contribution in [0.2, 0.25) is 0 Å². The van der Waals surface area contributed by atoms with Gasteiger partial charge in [-0.15, -0.1) is 0 Å². The maximum atomic E-state index is 9.30. The second kappa shape index (κ2) is 6.01. The van der Waals surface area contributed by atoms with Gasteiger partial charge in [-0.2, -0.15) is 10.2 Å². The van der Waals surface area contributed by atoms with Crippen LogP contribution in [0, 0.1) is 0 Å². The molecule has 0 amide bonds. The normalized spacial score (nSPS) is 10.9. The fourth-order valence-electron chi connectivity index (χ4n) is 1.98. The first-order chi connectivity index (χ1) is 10.3. The van der Waals surface area contributed by atoms with Gasteiger partial charge >= 0.3 is 0 Å². The quantitative estimate of drug-likeness (QED) is 0.632. The minimum absolute atomic E-state index is 0.270. The molecule has 3 rings (SSSR count). The van der Waals surface area contributed by atoms with Crippen molar-refractivity contribution in [2.75, 3.05) is 0 Å². The first-order valence-electron chi connectivity index (χ1n) is 6.67. The summed E-state index contributed by atoms with van der Waals surface area (Å²) in [6.45, 7) is 0. The smallest absolute Gasteiger partial charge is 0.115 e. The lowest BCUT2D eigenvalue weighted by molar-refractivity contribution is 0.475. The van der Waals surface area contributed by atoms with Crippen molar-refractivity contribution in [1.82, 2.24) is 0 Å². The van der Waals surface area contributed by atoms with E-state index in [9.17, 15) is 5.11 Å². The van der Waals surface area contributed by atoms with Crippen LogP contribution in [0.1, 0.15) is 0 Å². The second-order valence-corrected chi connectivity index (χ2v) is 4.63. The molecule has 102 valence electrons. The molecule has 0 aliphatic rings. The Morgan fingerprint density at radius 3 is 1.57 bits per heavy atom. The van der Waals surface area contributed by atoms with Crippen LogP contribution in [0.4, 0.5) is 11.4 Å². The molecule has 0 aliphatic carbocycles. The van der Waals surface area contributed by atoms with Gasteiger partial charge in [0.25, 0.3) is 0 Å². The molecule has 0 bridgehead atoms. The third-order valence-electron chi connectivity index (χ3n) is 3.11. The predicted octanol–water partition coefficient (Wildman–Crippen LogP) is 5.47. The standard InChI is InChI=1S/C18H14N2O/c21-18-12-8-15(9-13-18)14-6-10-17(11-7-14)20-19-16-4-2-1-3-5-16/h1-13,21H/b20-19+. The van der Waals surface area contributed by atoms with Crippen molar-refractivity contribution in [3.8, 4) is 16.9 Å². The third kappa shape index (κ3) is 3.34. The summed E-state index contributed by atoms with van der Waals surface area (Å²) in [4.78, 5) is 0. The second-order valence-electron chi connectivity index (χ2n) is 4.63. The first-order valence-corrected chi connectivity index (χ1v) is 6.67. The van der Waals surface area contributed by atoms with Crippen LogP contribution in [0.15, 0.2) is 89.1 Å². The van der Waals surface area contributed by atoms with Gasteiger partial charge in [0.05, 0.1) is 11.4 Å². The fraction of sp³-hybridized carbons (Fsp3) is 0. The Kier molecular flexibility index (Phi) is 3.74. The highest BCUT2D eigenvalue weighted by Crippen LogP contribution is 2.25. The molecular weight excluding hydrogens is 260 g/mol. The van der Waals surface area contributed by atoms with Gasteiger partial charge < -0.3 is 5.11 Å². The number of hydrogen-bond acceptors (Lipinski definition) is 3. The number of hydrogen-bond donors (Lipinski definition) is 1. The Labute approximate surface area is 123 Å². The van der Waals surface area contributed by atoms with Crippen LogP contribution in [0.5, 0.6) is 5.75 Å². The Balaban J connectivity index is 1.78. The summed E-state index contributed by atoms with van der Waals surface area (Å²) >= 11 is 0. The molecule has 0 fully saturated rings. The molecule has 0 saturated heterocycles. The van der Waals surface area contributed by atoms with Crippen molar-refractivity contribution in [3.63, 3.8) is 0 Å². The predicted molar refractivity (Wildman–Crippen MR) is 84.2 cm³/mol. The van der Waals surface area contributed by atoms with Gasteiger partial charge in [0, 0.05) is 0 Å². The van der Waals surface area contributed by atoms with Gasteiger partial charge in [-0.1, -0.05) is 42.5 Å². The summed E-state index contributed by atoms with van der Waals surface area (Å²) in [6, 6.07) is 24.6. The van der Waals surface area contributed by atoms with Crippen molar-refractivity contribution >= 4 is 11.4 Å². The molecule has 1 N–H and O–H groups in total. The Morgan fingerprint density at radius 1 is 0.524 bits per heavy atom.